The monoisotopic (exact) mass is 652 g/mol. The number of aliphatic hydroxyl groups excluding tert-OH is 1. The first-order valence-corrected chi connectivity index (χ1v) is 15.3. The number of benzene rings is 3. The van der Waals surface area contributed by atoms with Gasteiger partial charge in [0, 0.05) is 25.2 Å². The molecule has 3 atom stereocenters. The molecular weight excluding hydrogens is 620 g/mol. The number of sulfonamides is 1. The van der Waals surface area contributed by atoms with Crippen LogP contribution in [0.4, 0.5) is 33.7 Å². The molecule has 45 heavy (non-hydrogen) atoms. The number of fused-ring (bicyclic) bond motifs is 1. The number of rotatable bonds is 8. The number of nitrogens with zero attached hydrogens (tertiary/aromatic N) is 2. The summed E-state index contributed by atoms with van der Waals surface area (Å²) < 4.78 is 87.2. The molecule has 1 aliphatic heterocycles. The van der Waals surface area contributed by atoms with Gasteiger partial charge >= 0.3 is 12.2 Å². The number of halogens is 4. The maximum absolute atomic E-state index is 13.7. The van der Waals surface area contributed by atoms with E-state index in [1.807, 2.05) is 0 Å². The Morgan fingerprint density at radius 3 is 2.36 bits per heavy atom. The van der Waals surface area contributed by atoms with Gasteiger partial charge in [0.05, 0.1) is 40.9 Å². The van der Waals surface area contributed by atoms with Gasteiger partial charge in [-0.2, -0.15) is 13.2 Å². The Labute approximate surface area is 257 Å². The second-order valence-corrected chi connectivity index (χ2v) is 12.4. The summed E-state index contributed by atoms with van der Waals surface area (Å²) in [5, 5.41) is 12.4. The lowest BCUT2D eigenvalue weighted by Gasteiger charge is -2.38. The predicted octanol–water partition coefficient (Wildman–Crippen LogP) is 5.03. The van der Waals surface area contributed by atoms with Crippen LogP contribution in [0.5, 0.6) is 5.75 Å². The van der Waals surface area contributed by atoms with Crippen molar-refractivity contribution < 1.29 is 45.4 Å². The standard InChI is InChI=1S/C30H32F4N4O6S/c1-18-15-38(19(2)17-39)28(40)24-5-4-6-25(36-45(42,43)23-13-9-21(31)10-14-23)27(24)44-26(18)16-37(3)29(41)35-22-11-7-20(8-12-22)30(32,33)34/h4-14,18-19,26,36,39H,15-17H2,1-3H3,(H,35,41)/t18-,19-,26-/m1/s1. The summed E-state index contributed by atoms with van der Waals surface area (Å²) in [5.41, 5.74) is -0.824. The van der Waals surface area contributed by atoms with Gasteiger partial charge < -0.3 is 25.0 Å². The van der Waals surface area contributed by atoms with Crippen molar-refractivity contribution in [3.8, 4) is 5.75 Å². The number of nitrogens with one attached hydrogen (secondary N) is 2. The lowest BCUT2D eigenvalue weighted by molar-refractivity contribution is -0.137. The smallest absolute Gasteiger partial charge is 0.416 e. The minimum absolute atomic E-state index is 0.00312. The highest BCUT2D eigenvalue weighted by Crippen LogP contribution is 2.36. The average molecular weight is 653 g/mol. The van der Waals surface area contributed by atoms with Gasteiger partial charge in [0.15, 0.2) is 5.75 Å². The van der Waals surface area contributed by atoms with Crippen LogP contribution in [-0.2, 0) is 16.2 Å². The zero-order chi connectivity index (χ0) is 33.1. The fourth-order valence-corrected chi connectivity index (χ4v) is 5.74. The fraction of sp³-hybridized carbons (Fsp3) is 0.333. The largest absolute Gasteiger partial charge is 0.485 e. The van der Waals surface area contributed by atoms with E-state index in [0.29, 0.717) is 0 Å². The van der Waals surface area contributed by atoms with Gasteiger partial charge in [-0.15, -0.1) is 0 Å². The Balaban J connectivity index is 1.64. The van der Waals surface area contributed by atoms with Crippen molar-refractivity contribution in [1.82, 2.24) is 9.80 Å². The van der Waals surface area contributed by atoms with Crippen LogP contribution >= 0.6 is 0 Å². The van der Waals surface area contributed by atoms with Gasteiger partial charge in [0.2, 0.25) is 0 Å². The second-order valence-electron chi connectivity index (χ2n) is 10.8. The summed E-state index contributed by atoms with van der Waals surface area (Å²) in [5.74, 6) is -1.72. The zero-order valence-corrected chi connectivity index (χ0v) is 25.3. The number of aliphatic hydroxyl groups is 1. The minimum Gasteiger partial charge on any atom is -0.485 e. The number of hydrogen-bond acceptors (Lipinski definition) is 6. The van der Waals surface area contributed by atoms with Crippen LogP contribution in [0.15, 0.2) is 71.6 Å². The van der Waals surface area contributed by atoms with Crippen molar-refractivity contribution in [2.45, 2.75) is 37.1 Å². The number of anilines is 2. The minimum atomic E-state index is -4.53. The first-order chi connectivity index (χ1) is 21.1. The number of hydrogen-bond donors (Lipinski definition) is 3. The Kier molecular flexibility index (Phi) is 9.92. The quantitative estimate of drug-likeness (QED) is 0.293. The van der Waals surface area contributed by atoms with E-state index in [-0.39, 0.29) is 47.3 Å². The molecule has 3 N–H and O–H groups in total. The molecule has 3 aromatic rings. The molecule has 0 saturated heterocycles. The van der Waals surface area contributed by atoms with E-state index in [0.717, 1.165) is 48.5 Å². The number of amides is 3. The molecule has 0 aliphatic carbocycles. The van der Waals surface area contributed by atoms with Crippen LogP contribution in [0.1, 0.15) is 29.8 Å². The van der Waals surface area contributed by atoms with Gasteiger partial charge in [-0.05, 0) is 67.6 Å². The summed E-state index contributed by atoms with van der Waals surface area (Å²) in [7, 11) is -2.82. The van der Waals surface area contributed by atoms with Crippen LogP contribution in [0.2, 0.25) is 0 Å². The molecule has 0 saturated carbocycles. The predicted molar refractivity (Wildman–Crippen MR) is 158 cm³/mol. The van der Waals surface area contributed by atoms with Gasteiger partial charge in [0.25, 0.3) is 15.9 Å². The van der Waals surface area contributed by atoms with Crippen molar-refractivity contribution in [2.24, 2.45) is 5.92 Å². The molecule has 3 amide bonds. The highest BCUT2D eigenvalue weighted by molar-refractivity contribution is 7.92. The summed E-state index contributed by atoms with van der Waals surface area (Å²) >= 11 is 0. The van der Waals surface area contributed by atoms with Crippen molar-refractivity contribution in [3.05, 3.63) is 83.7 Å². The third-order valence-electron chi connectivity index (χ3n) is 7.32. The second kappa shape index (κ2) is 13.3. The zero-order valence-electron chi connectivity index (χ0n) is 24.5. The number of ether oxygens (including phenoxy) is 1. The molecule has 0 unspecified atom stereocenters. The lowest BCUT2D eigenvalue weighted by Crippen LogP contribution is -2.50. The van der Waals surface area contributed by atoms with Crippen molar-refractivity contribution in [1.29, 1.82) is 0 Å². The number of likely N-dealkylation sites (N-methyl/N-ethyl adjacent to an activating group) is 1. The third-order valence-corrected chi connectivity index (χ3v) is 8.70. The SMILES string of the molecule is C[C@@H]1CN([C@H](C)CO)C(=O)c2cccc(NS(=O)(=O)c3ccc(F)cc3)c2O[C@@H]1CN(C)C(=O)Nc1ccc(C(F)(F)F)cc1. The van der Waals surface area contributed by atoms with E-state index in [2.05, 4.69) is 10.0 Å². The molecule has 242 valence electrons. The molecule has 0 aromatic heterocycles. The lowest BCUT2D eigenvalue weighted by atomic mass is 9.99. The van der Waals surface area contributed by atoms with Crippen LogP contribution in [0.3, 0.4) is 0 Å². The van der Waals surface area contributed by atoms with Crippen LogP contribution < -0.4 is 14.8 Å². The fourth-order valence-electron chi connectivity index (χ4n) is 4.67. The van der Waals surface area contributed by atoms with E-state index in [9.17, 15) is 40.7 Å². The Bertz CT molecular complexity index is 1640. The van der Waals surface area contributed by atoms with Gasteiger partial charge in [-0.3, -0.25) is 9.52 Å². The van der Waals surface area contributed by atoms with E-state index in [1.54, 1.807) is 13.8 Å². The molecule has 3 aromatic carbocycles. The molecule has 0 spiro atoms. The van der Waals surface area contributed by atoms with Crippen LogP contribution in [-0.4, -0.2) is 74.2 Å². The summed E-state index contributed by atoms with van der Waals surface area (Å²) in [6, 6.07) is 11.1. The summed E-state index contributed by atoms with van der Waals surface area (Å²) in [6.07, 6.45) is -5.36. The highest BCUT2D eigenvalue weighted by Gasteiger charge is 2.36. The molecule has 0 bridgehead atoms. The average Bonchev–Trinajstić information content (AvgIpc) is 2.98. The molecule has 15 heteroatoms. The first-order valence-electron chi connectivity index (χ1n) is 13.8. The third kappa shape index (κ3) is 7.84. The summed E-state index contributed by atoms with van der Waals surface area (Å²) in [4.78, 5) is 29.1. The van der Waals surface area contributed by atoms with Crippen LogP contribution in [0.25, 0.3) is 0 Å². The molecule has 1 aliphatic rings. The van der Waals surface area contributed by atoms with Crippen molar-refractivity contribution >= 4 is 33.3 Å². The van der Waals surface area contributed by atoms with E-state index >= 15 is 0 Å². The Morgan fingerprint density at radius 1 is 1.11 bits per heavy atom. The molecule has 4 rings (SSSR count). The molecule has 0 radical (unpaired) electrons. The van der Waals surface area contributed by atoms with E-state index in [4.69, 9.17) is 4.74 Å². The molecule has 0 fully saturated rings. The van der Waals surface area contributed by atoms with Gasteiger partial charge in [-0.1, -0.05) is 13.0 Å². The molecular formula is C30H32F4N4O6S. The molecule has 1 heterocycles. The van der Waals surface area contributed by atoms with Crippen molar-refractivity contribution in [3.63, 3.8) is 0 Å². The molecule has 10 nitrogen and oxygen atoms in total. The highest BCUT2D eigenvalue weighted by atomic mass is 32.2. The normalized spacial score (nSPS) is 17.8. The van der Waals surface area contributed by atoms with Crippen LogP contribution in [0, 0.1) is 11.7 Å². The van der Waals surface area contributed by atoms with Crippen molar-refractivity contribution in [2.75, 3.05) is 36.8 Å². The van der Waals surface area contributed by atoms with Gasteiger partial charge in [-0.25, -0.2) is 17.6 Å². The maximum Gasteiger partial charge on any atom is 0.416 e. The number of urea groups is 1. The number of alkyl halides is 3. The Morgan fingerprint density at radius 2 is 1.76 bits per heavy atom. The topological polar surface area (TPSA) is 128 Å². The summed E-state index contributed by atoms with van der Waals surface area (Å²) in [6.45, 7) is 3.08. The number of carbonyl (C=O) groups is 2. The number of carbonyl (C=O) groups excluding carboxylic acids is 2. The maximum atomic E-state index is 13.7. The van der Waals surface area contributed by atoms with Gasteiger partial charge in [0.1, 0.15) is 11.9 Å². The number of para-hydroxylation sites is 1. The Hall–Kier alpha value is -4.37. The van der Waals surface area contributed by atoms with E-state index < -0.39 is 57.6 Å². The van der Waals surface area contributed by atoms with E-state index in [1.165, 1.54) is 35.0 Å². The first kappa shape index (κ1) is 33.5.